The molecule has 0 bridgehead atoms. The summed E-state index contributed by atoms with van der Waals surface area (Å²) < 4.78 is 5.78. The molecular weight excluding hydrogens is 326 g/mol. The second-order valence-corrected chi connectivity index (χ2v) is 6.53. The van der Waals surface area contributed by atoms with Crippen molar-refractivity contribution in [1.29, 1.82) is 0 Å². The highest BCUT2D eigenvalue weighted by atomic mass is 16.4. The number of oxazole rings is 1. The third-order valence-electron chi connectivity index (χ3n) is 4.22. The number of carbonyl (C=O) groups excluding carboxylic acids is 1. The molecule has 0 aliphatic heterocycles. The first-order valence-electron chi connectivity index (χ1n) is 8.82. The molecule has 0 aliphatic carbocycles. The van der Waals surface area contributed by atoms with Crippen LogP contribution >= 0.6 is 0 Å². The molecule has 0 saturated heterocycles. The fourth-order valence-corrected chi connectivity index (χ4v) is 2.60. The lowest BCUT2D eigenvalue weighted by Gasteiger charge is -2.05. The summed E-state index contributed by atoms with van der Waals surface area (Å²) in [5.41, 5.74) is 3.31. The maximum atomic E-state index is 12.0. The van der Waals surface area contributed by atoms with E-state index in [9.17, 15) is 4.79 Å². The summed E-state index contributed by atoms with van der Waals surface area (Å²) in [4.78, 5) is 20.2. The molecule has 3 aromatic rings. The number of hydrogen-bond acceptors (Lipinski definition) is 4. The highest BCUT2D eigenvalue weighted by molar-refractivity contribution is 5.76. The standard InChI is InChI=1S/C21H23N3O2/c1-15(2)17-3-5-18(6-4-17)19-14-24-21(26-19)8-7-20(25)23-13-16-9-11-22-12-10-16/h3-6,9-12,14-15H,7-8,13H2,1-2H3,(H,23,25). The number of carbonyl (C=O) groups is 1. The van der Waals surface area contributed by atoms with Crippen molar-refractivity contribution in [2.75, 3.05) is 0 Å². The number of aromatic nitrogens is 2. The van der Waals surface area contributed by atoms with Gasteiger partial charge in [0, 0.05) is 37.3 Å². The van der Waals surface area contributed by atoms with Crippen LogP contribution < -0.4 is 5.32 Å². The molecule has 0 spiro atoms. The Labute approximate surface area is 153 Å². The third kappa shape index (κ3) is 4.79. The lowest BCUT2D eigenvalue weighted by Crippen LogP contribution is -2.23. The molecule has 134 valence electrons. The number of rotatable bonds is 7. The number of aryl methyl sites for hydroxylation is 1. The Bertz CT molecular complexity index is 839. The van der Waals surface area contributed by atoms with Gasteiger partial charge in [-0.15, -0.1) is 0 Å². The largest absolute Gasteiger partial charge is 0.441 e. The van der Waals surface area contributed by atoms with Crippen LogP contribution in [0.5, 0.6) is 0 Å². The smallest absolute Gasteiger partial charge is 0.220 e. The van der Waals surface area contributed by atoms with Crippen molar-refractivity contribution in [2.45, 2.75) is 39.2 Å². The Kier molecular flexibility index (Phi) is 5.79. The summed E-state index contributed by atoms with van der Waals surface area (Å²) in [5, 5.41) is 2.89. The highest BCUT2D eigenvalue weighted by Crippen LogP contribution is 2.23. The van der Waals surface area contributed by atoms with E-state index in [0.29, 0.717) is 31.2 Å². The van der Waals surface area contributed by atoms with Gasteiger partial charge in [0.25, 0.3) is 0 Å². The minimum Gasteiger partial charge on any atom is -0.441 e. The van der Waals surface area contributed by atoms with Crippen molar-refractivity contribution < 1.29 is 9.21 Å². The maximum absolute atomic E-state index is 12.0. The number of pyridine rings is 1. The molecule has 0 aliphatic rings. The summed E-state index contributed by atoms with van der Waals surface area (Å²) >= 11 is 0. The molecular formula is C21H23N3O2. The van der Waals surface area contributed by atoms with Crippen LogP contribution in [0.25, 0.3) is 11.3 Å². The van der Waals surface area contributed by atoms with E-state index in [0.717, 1.165) is 16.9 Å². The minimum atomic E-state index is -0.0251. The van der Waals surface area contributed by atoms with E-state index >= 15 is 0 Å². The molecule has 0 unspecified atom stereocenters. The molecule has 0 saturated carbocycles. The van der Waals surface area contributed by atoms with Crippen molar-refractivity contribution in [3.63, 3.8) is 0 Å². The summed E-state index contributed by atoms with van der Waals surface area (Å²) in [6.45, 7) is 4.84. The zero-order valence-electron chi connectivity index (χ0n) is 15.1. The molecule has 5 nitrogen and oxygen atoms in total. The van der Waals surface area contributed by atoms with Gasteiger partial charge in [0.1, 0.15) is 0 Å². The van der Waals surface area contributed by atoms with Gasteiger partial charge in [-0.25, -0.2) is 4.98 Å². The molecule has 0 radical (unpaired) electrons. The molecule has 1 amide bonds. The van der Waals surface area contributed by atoms with Crippen LogP contribution in [0.1, 0.15) is 43.2 Å². The van der Waals surface area contributed by atoms with Gasteiger partial charge in [-0.2, -0.15) is 0 Å². The van der Waals surface area contributed by atoms with Gasteiger partial charge >= 0.3 is 0 Å². The van der Waals surface area contributed by atoms with E-state index in [-0.39, 0.29) is 5.91 Å². The Morgan fingerprint density at radius 1 is 1.12 bits per heavy atom. The van der Waals surface area contributed by atoms with E-state index in [1.807, 2.05) is 24.3 Å². The quantitative estimate of drug-likeness (QED) is 0.697. The Hall–Kier alpha value is -2.95. The summed E-state index contributed by atoms with van der Waals surface area (Å²) in [6.07, 6.45) is 5.96. The lowest BCUT2D eigenvalue weighted by molar-refractivity contribution is -0.121. The number of nitrogens with one attached hydrogen (secondary N) is 1. The van der Waals surface area contributed by atoms with E-state index in [1.54, 1.807) is 18.6 Å². The monoisotopic (exact) mass is 349 g/mol. The normalized spacial score (nSPS) is 10.9. The van der Waals surface area contributed by atoms with Gasteiger partial charge in [-0.05, 0) is 29.2 Å². The first kappa shape index (κ1) is 17.9. The zero-order valence-corrected chi connectivity index (χ0v) is 15.1. The fraction of sp³-hybridized carbons (Fsp3) is 0.286. The fourth-order valence-electron chi connectivity index (χ4n) is 2.60. The molecule has 1 aromatic carbocycles. The molecule has 5 heteroatoms. The topological polar surface area (TPSA) is 68.0 Å². The average molecular weight is 349 g/mol. The van der Waals surface area contributed by atoms with Gasteiger partial charge < -0.3 is 9.73 Å². The van der Waals surface area contributed by atoms with Crippen LogP contribution in [0, 0.1) is 0 Å². The van der Waals surface area contributed by atoms with Crippen LogP contribution in [0.4, 0.5) is 0 Å². The first-order chi connectivity index (χ1) is 12.6. The van der Waals surface area contributed by atoms with Crippen LogP contribution in [0.2, 0.25) is 0 Å². The van der Waals surface area contributed by atoms with Gasteiger partial charge in [0.2, 0.25) is 5.91 Å². The van der Waals surface area contributed by atoms with Gasteiger partial charge in [-0.1, -0.05) is 38.1 Å². The Morgan fingerprint density at radius 2 is 1.85 bits per heavy atom. The molecule has 26 heavy (non-hydrogen) atoms. The summed E-state index contributed by atoms with van der Waals surface area (Å²) in [5.74, 6) is 1.78. The van der Waals surface area contributed by atoms with Crippen LogP contribution in [0.3, 0.4) is 0 Å². The molecule has 3 rings (SSSR count). The van der Waals surface area contributed by atoms with Gasteiger partial charge in [0.05, 0.1) is 6.20 Å². The predicted octanol–water partition coefficient (Wildman–Crippen LogP) is 4.11. The average Bonchev–Trinajstić information content (AvgIpc) is 3.14. The first-order valence-corrected chi connectivity index (χ1v) is 8.82. The molecule has 0 atom stereocenters. The van der Waals surface area contributed by atoms with Crippen molar-refractivity contribution in [3.05, 3.63) is 72.0 Å². The van der Waals surface area contributed by atoms with Crippen LogP contribution in [0.15, 0.2) is 59.4 Å². The second kappa shape index (κ2) is 8.43. The molecule has 1 N–H and O–H groups in total. The molecule has 2 aromatic heterocycles. The van der Waals surface area contributed by atoms with Gasteiger partial charge in [0.15, 0.2) is 11.7 Å². The van der Waals surface area contributed by atoms with Crippen molar-refractivity contribution in [2.24, 2.45) is 0 Å². The predicted molar refractivity (Wildman–Crippen MR) is 100 cm³/mol. The molecule has 2 heterocycles. The van der Waals surface area contributed by atoms with E-state index in [2.05, 4.69) is 41.3 Å². The summed E-state index contributed by atoms with van der Waals surface area (Å²) in [7, 11) is 0. The van der Waals surface area contributed by atoms with Crippen LogP contribution in [-0.4, -0.2) is 15.9 Å². The summed E-state index contributed by atoms with van der Waals surface area (Å²) in [6, 6.07) is 12.1. The Morgan fingerprint density at radius 3 is 2.54 bits per heavy atom. The minimum absolute atomic E-state index is 0.0251. The number of benzene rings is 1. The second-order valence-electron chi connectivity index (χ2n) is 6.53. The van der Waals surface area contributed by atoms with Gasteiger partial charge in [-0.3, -0.25) is 9.78 Å². The van der Waals surface area contributed by atoms with Crippen molar-refractivity contribution >= 4 is 5.91 Å². The van der Waals surface area contributed by atoms with Crippen LogP contribution in [-0.2, 0) is 17.8 Å². The van der Waals surface area contributed by atoms with Crippen molar-refractivity contribution in [3.8, 4) is 11.3 Å². The lowest BCUT2D eigenvalue weighted by atomic mass is 10.0. The van der Waals surface area contributed by atoms with Crippen molar-refractivity contribution in [1.82, 2.24) is 15.3 Å². The number of hydrogen-bond donors (Lipinski definition) is 1. The van der Waals surface area contributed by atoms with E-state index in [4.69, 9.17) is 4.42 Å². The van der Waals surface area contributed by atoms with E-state index in [1.165, 1.54) is 5.56 Å². The Balaban J connectivity index is 1.51. The SMILES string of the molecule is CC(C)c1ccc(-c2cnc(CCC(=O)NCc3ccncc3)o2)cc1. The maximum Gasteiger partial charge on any atom is 0.220 e. The number of nitrogens with zero attached hydrogens (tertiary/aromatic N) is 2. The number of amides is 1. The van der Waals surface area contributed by atoms with E-state index < -0.39 is 0 Å². The molecule has 0 fully saturated rings. The third-order valence-corrected chi connectivity index (χ3v) is 4.22. The zero-order chi connectivity index (χ0) is 18.4. The highest BCUT2D eigenvalue weighted by Gasteiger charge is 2.09.